The van der Waals surface area contributed by atoms with Gasteiger partial charge in [-0.2, -0.15) is 0 Å². The number of hydrogen-bond acceptors (Lipinski definition) is 3. The molecule has 132 valence electrons. The Morgan fingerprint density at radius 3 is 2.42 bits per heavy atom. The van der Waals surface area contributed by atoms with Gasteiger partial charge in [0, 0.05) is 18.5 Å². The highest BCUT2D eigenvalue weighted by Gasteiger charge is 2.16. The van der Waals surface area contributed by atoms with Crippen molar-refractivity contribution in [1.82, 2.24) is 15.5 Å². The maximum Gasteiger partial charge on any atom is 0.191 e. The molecule has 0 radical (unpaired) electrons. The molecule has 0 aliphatic carbocycles. The third kappa shape index (κ3) is 6.07. The quantitative estimate of drug-likeness (QED) is 0.392. The lowest BCUT2D eigenvalue weighted by Gasteiger charge is -2.25. The second kappa shape index (κ2) is 10.7. The number of likely N-dealkylation sites (N-methyl/N-ethyl adjacent to an activating group) is 1. The predicted molar refractivity (Wildman–Crippen MR) is 116 cm³/mol. The Morgan fingerprint density at radius 1 is 1.17 bits per heavy atom. The molecule has 0 saturated heterocycles. The summed E-state index contributed by atoms with van der Waals surface area (Å²) in [5, 5.41) is 9.01. The molecule has 0 aliphatic heterocycles. The van der Waals surface area contributed by atoms with Crippen molar-refractivity contribution in [2.75, 3.05) is 27.7 Å². The average Bonchev–Trinajstić information content (AvgIpc) is 3.08. The van der Waals surface area contributed by atoms with Crippen molar-refractivity contribution < 1.29 is 0 Å². The van der Waals surface area contributed by atoms with Gasteiger partial charge in [0.05, 0.1) is 12.1 Å². The van der Waals surface area contributed by atoms with Gasteiger partial charge in [-0.25, -0.2) is 0 Å². The fourth-order valence-electron chi connectivity index (χ4n) is 2.44. The molecule has 2 unspecified atom stereocenters. The van der Waals surface area contributed by atoms with Crippen LogP contribution in [0.2, 0.25) is 0 Å². The molecule has 2 aromatic rings. The van der Waals surface area contributed by atoms with Crippen LogP contribution in [0.4, 0.5) is 0 Å². The summed E-state index contributed by atoms with van der Waals surface area (Å²) >= 11 is 1.79. The van der Waals surface area contributed by atoms with Crippen molar-refractivity contribution in [3.8, 4) is 0 Å². The van der Waals surface area contributed by atoms with E-state index in [2.05, 4.69) is 83.3 Å². The lowest BCUT2D eigenvalue weighted by Crippen LogP contribution is -2.42. The summed E-state index contributed by atoms with van der Waals surface area (Å²) in [5.41, 5.74) is 1.25. The second-order valence-corrected chi connectivity index (χ2v) is 6.70. The van der Waals surface area contributed by atoms with Crippen LogP contribution in [0, 0.1) is 0 Å². The van der Waals surface area contributed by atoms with Gasteiger partial charge in [-0.1, -0.05) is 36.4 Å². The molecule has 0 amide bonds. The molecule has 0 fully saturated rings. The normalized spacial score (nSPS) is 14.0. The zero-order valence-electron chi connectivity index (χ0n) is 14.7. The zero-order valence-corrected chi connectivity index (χ0v) is 17.8. The summed E-state index contributed by atoms with van der Waals surface area (Å²) in [5.74, 6) is 0.824. The van der Waals surface area contributed by atoms with Gasteiger partial charge in [0.1, 0.15) is 0 Å². The summed E-state index contributed by atoms with van der Waals surface area (Å²) in [6.45, 7) is 2.96. The standard InChI is InChI=1S/C18H26N4S.HI/c1-14(15-9-6-5-7-10-15)21-18(19-2)20-13-16(22(3)4)17-11-8-12-23-17;/h5-12,14,16H,13H2,1-4H3,(H2,19,20,21);1H. The minimum Gasteiger partial charge on any atom is -0.354 e. The summed E-state index contributed by atoms with van der Waals surface area (Å²) in [6, 6.07) is 15.2. The fourth-order valence-corrected chi connectivity index (χ4v) is 3.36. The zero-order chi connectivity index (χ0) is 16.7. The van der Waals surface area contributed by atoms with Crippen molar-refractivity contribution in [3.63, 3.8) is 0 Å². The molecule has 0 spiro atoms. The molecule has 0 aliphatic rings. The van der Waals surface area contributed by atoms with Gasteiger partial charge in [0.15, 0.2) is 5.96 Å². The van der Waals surface area contributed by atoms with E-state index in [1.807, 2.05) is 13.1 Å². The Balaban J connectivity index is 0.00000288. The molecule has 2 N–H and O–H groups in total. The highest BCUT2D eigenvalue weighted by Crippen LogP contribution is 2.22. The van der Waals surface area contributed by atoms with E-state index in [9.17, 15) is 0 Å². The monoisotopic (exact) mass is 458 g/mol. The minimum atomic E-state index is 0. The number of rotatable bonds is 6. The molecule has 6 heteroatoms. The lowest BCUT2D eigenvalue weighted by atomic mass is 10.1. The fraction of sp³-hybridized carbons (Fsp3) is 0.389. The first-order chi connectivity index (χ1) is 11.1. The predicted octanol–water partition coefficient (Wildman–Crippen LogP) is 3.90. The average molecular weight is 458 g/mol. The number of thiophene rings is 1. The second-order valence-electron chi connectivity index (χ2n) is 5.72. The Bertz CT molecular complexity index is 599. The first-order valence-electron chi connectivity index (χ1n) is 7.83. The van der Waals surface area contributed by atoms with Gasteiger partial charge in [-0.05, 0) is 38.0 Å². The molecule has 0 saturated carbocycles. The van der Waals surface area contributed by atoms with Crippen LogP contribution in [0.5, 0.6) is 0 Å². The number of halogens is 1. The van der Waals surface area contributed by atoms with Crippen LogP contribution >= 0.6 is 35.3 Å². The topological polar surface area (TPSA) is 39.7 Å². The molecule has 1 heterocycles. The van der Waals surface area contributed by atoms with E-state index in [1.165, 1.54) is 10.4 Å². The Morgan fingerprint density at radius 2 is 1.88 bits per heavy atom. The van der Waals surface area contributed by atoms with Crippen LogP contribution in [0.1, 0.15) is 29.4 Å². The molecular weight excluding hydrogens is 431 g/mol. The Kier molecular flexibility index (Phi) is 9.31. The number of benzene rings is 1. The van der Waals surface area contributed by atoms with Crippen molar-refractivity contribution in [2.45, 2.75) is 19.0 Å². The molecule has 1 aromatic heterocycles. The van der Waals surface area contributed by atoms with Crippen molar-refractivity contribution in [2.24, 2.45) is 4.99 Å². The minimum absolute atomic E-state index is 0. The van der Waals surface area contributed by atoms with E-state index in [4.69, 9.17) is 0 Å². The van der Waals surface area contributed by atoms with Crippen LogP contribution in [0.15, 0.2) is 52.8 Å². The number of guanidine groups is 1. The van der Waals surface area contributed by atoms with Crippen LogP contribution in [-0.2, 0) is 0 Å². The van der Waals surface area contributed by atoms with Gasteiger partial charge in [0.25, 0.3) is 0 Å². The molecule has 0 bridgehead atoms. The first-order valence-corrected chi connectivity index (χ1v) is 8.71. The lowest BCUT2D eigenvalue weighted by molar-refractivity contribution is 0.302. The van der Waals surface area contributed by atoms with E-state index in [0.29, 0.717) is 6.04 Å². The van der Waals surface area contributed by atoms with E-state index in [-0.39, 0.29) is 30.0 Å². The third-order valence-corrected chi connectivity index (χ3v) is 4.81. The van der Waals surface area contributed by atoms with Gasteiger partial charge in [-0.15, -0.1) is 35.3 Å². The molecule has 2 atom stereocenters. The van der Waals surface area contributed by atoms with Gasteiger partial charge in [-0.3, -0.25) is 4.99 Å². The van der Waals surface area contributed by atoms with Gasteiger partial charge < -0.3 is 15.5 Å². The van der Waals surface area contributed by atoms with Crippen LogP contribution in [0.25, 0.3) is 0 Å². The number of nitrogens with zero attached hydrogens (tertiary/aromatic N) is 2. The number of nitrogens with one attached hydrogen (secondary N) is 2. The van der Waals surface area contributed by atoms with Crippen LogP contribution < -0.4 is 10.6 Å². The van der Waals surface area contributed by atoms with E-state index in [0.717, 1.165) is 12.5 Å². The number of aliphatic imine (C=N–C) groups is 1. The van der Waals surface area contributed by atoms with Crippen LogP contribution in [-0.4, -0.2) is 38.5 Å². The molecule has 1 aromatic carbocycles. The molecule has 2 rings (SSSR count). The van der Waals surface area contributed by atoms with Crippen molar-refractivity contribution in [3.05, 3.63) is 58.3 Å². The molecule has 4 nitrogen and oxygen atoms in total. The third-order valence-electron chi connectivity index (χ3n) is 3.83. The molecule has 24 heavy (non-hydrogen) atoms. The van der Waals surface area contributed by atoms with Crippen molar-refractivity contribution >= 4 is 41.3 Å². The summed E-state index contributed by atoms with van der Waals surface area (Å²) in [7, 11) is 6.02. The molecular formula is C18H27IN4S. The smallest absolute Gasteiger partial charge is 0.191 e. The SMILES string of the molecule is CN=C(NCC(c1cccs1)N(C)C)NC(C)c1ccccc1.I. The summed E-state index contributed by atoms with van der Waals surface area (Å²) in [4.78, 5) is 7.93. The Hall–Kier alpha value is -1.12. The summed E-state index contributed by atoms with van der Waals surface area (Å²) in [6.07, 6.45) is 0. The Labute approximate surface area is 166 Å². The van der Waals surface area contributed by atoms with Gasteiger partial charge >= 0.3 is 0 Å². The highest BCUT2D eigenvalue weighted by molar-refractivity contribution is 14.0. The van der Waals surface area contributed by atoms with E-state index >= 15 is 0 Å². The highest BCUT2D eigenvalue weighted by atomic mass is 127. The van der Waals surface area contributed by atoms with E-state index < -0.39 is 0 Å². The van der Waals surface area contributed by atoms with Crippen molar-refractivity contribution in [1.29, 1.82) is 0 Å². The largest absolute Gasteiger partial charge is 0.354 e. The number of hydrogen-bond donors (Lipinski definition) is 2. The summed E-state index contributed by atoms with van der Waals surface area (Å²) < 4.78 is 0. The van der Waals surface area contributed by atoms with Crippen LogP contribution in [0.3, 0.4) is 0 Å². The maximum atomic E-state index is 4.35. The van der Waals surface area contributed by atoms with Gasteiger partial charge in [0.2, 0.25) is 0 Å². The maximum absolute atomic E-state index is 4.35. The van der Waals surface area contributed by atoms with E-state index in [1.54, 1.807) is 11.3 Å². The first kappa shape index (κ1) is 20.9.